The molecule has 2 rings (SSSR count). The minimum atomic E-state index is -0.294. The number of rotatable bonds is 17. The first-order valence-corrected chi connectivity index (χ1v) is 14.1. The summed E-state index contributed by atoms with van der Waals surface area (Å²) in [4.78, 5) is 30.9. The molecule has 6 heteroatoms. The maximum absolute atomic E-state index is 13.3. The Hall–Kier alpha value is -2.21. The molecular formula is C29H43FN2O2S. The number of hydrogen-bond acceptors (Lipinski definition) is 3. The molecule has 194 valence electrons. The van der Waals surface area contributed by atoms with Crippen LogP contribution in [0.15, 0.2) is 41.8 Å². The highest BCUT2D eigenvalue weighted by atomic mass is 32.1. The van der Waals surface area contributed by atoms with Gasteiger partial charge in [0.2, 0.25) is 11.8 Å². The molecule has 0 aliphatic carbocycles. The topological polar surface area (TPSA) is 40.6 Å². The van der Waals surface area contributed by atoms with Crippen molar-refractivity contribution < 1.29 is 14.0 Å². The minimum Gasteiger partial charge on any atom is -0.332 e. The standard InChI is InChI=1S/C29H43FN2O2S/c1-4-5-6-7-8-9-10-11-12-15-28(33)32(24(2)3)23-29(34)31(22-27-14-13-20-35-27)21-25-16-18-26(30)19-17-25/h13-14,16-20,24H,4-12,15,21-23H2,1-3H3. The van der Waals surface area contributed by atoms with Gasteiger partial charge in [0.25, 0.3) is 0 Å². The van der Waals surface area contributed by atoms with E-state index < -0.39 is 0 Å². The van der Waals surface area contributed by atoms with Crippen LogP contribution in [0.1, 0.15) is 95.4 Å². The zero-order valence-electron chi connectivity index (χ0n) is 21.8. The lowest BCUT2D eigenvalue weighted by Crippen LogP contribution is -2.45. The van der Waals surface area contributed by atoms with Gasteiger partial charge in [-0.3, -0.25) is 9.59 Å². The summed E-state index contributed by atoms with van der Waals surface area (Å²) in [5, 5.41) is 1.99. The minimum absolute atomic E-state index is 0.0422. The third-order valence-corrected chi connectivity index (χ3v) is 7.17. The highest BCUT2D eigenvalue weighted by Crippen LogP contribution is 2.17. The van der Waals surface area contributed by atoms with Gasteiger partial charge in [-0.25, -0.2) is 4.39 Å². The molecule has 0 aliphatic rings. The predicted octanol–water partition coefficient (Wildman–Crippen LogP) is 7.57. The Morgan fingerprint density at radius 1 is 0.857 bits per heavy atom. The monoisotopic (exact) mass is 502 g/mol. The Kier molecular flexibility index (Phi) is 13.6. The van der Waals surface area contributed by atoms with Gasteiger partial charge in [-0.1, -0.05) is 76.5 Å². The number of halogens is 1. The summed E-state index contributed by atoms with van der Waals surface area (Å²) >= 11 is 1.60. The number of carbonyl (C=O) groups excluding carboxylic acids is 2. The van der Waals surface area contributed by atoms with Crippen molar-refractivity contribution in [1.82, 2.24) is 9.80 Å². The second-order valence-corrected chi connectivity index (χ2v) is 10.7. The molecule has 1 aromatic carbocycles. The van der Waals surface area contributed by atoms with Crippen molar-refractivity contribution in [2.24, 2.45) is 0 Å². The van der Waals surface area contributed by atoms with Crippen LogP contribution in [-0.2, 0) is 22.7 Å². The first kappa shape index (κ1) is 29.0. The SMILES string of the molecule is CCCCCCCCCCCC(=O)N(CC(=O)N(Cc1ccc(F)cc1)Cc1cccs1)C(C)C. The van der Waals surface area contributed by atoms with Crippen LogP contribution in [-0.4, -0.2) is 34.2 Å². The number of nitrogens with zero attached hydrogens (tertiary/aromatic N) is 2. The number of amides is 2. The molecule has 0 saturated carbocycles. The van der Waals surface area contributed by atoms with Crippen LogP contribution in [0.5, 0.6) is 0 Å². The number of carbonyl (C=O) groups is 2. The molecule has 0 atom stereocenters. The predicted molar refractivity (Wildman–Crippen MR) is 144 cm³/mol. The fourth-order valence-electron chi connectivity index (χ4n) is 4.17. The lowest BCUT2D eigenvalue weighted by Gasteiger charge is -2.30. The van der Waals surface area contributed by atoms with Crippen molar-refractivity contribution in [1.29, 1.82) is 0 Å². The number of thiophene rings is 1. The average Bonchev–Trinajstić information content (AvgIpc) is 3.35. The van der Waals surface area contributed by atoms with Gasteiger partial charge >= 0.3 is 0 Å². The Bertz CT molecular complexity index is 852. The molecule has 0 aliphatic heterocycles. The molecule has 0 bridgehead atoms. The third kappa shape index (κ3) is 11.4. The van der Waals surface area contributed by atoms with E-state index >= 15 is 0 Å². The zero-order valence-corrected chi connectivity index (χ0v) is 22.6. The van der Waals surface area contributed by atoms with Gasteiger partial charge in [-0.05, 0) is 49.4 Å². The first-order chi connectivity index (χ1) is 16.9. The zero-order chi connectivity index (χ0) is 25.5. The van der Waals surface area contributed by atoms with Crippen LogP contribution < -0.4 is 0 Å². The van der Waals surface area contributed by atoms with Crippen LogP contribution in [0.25, 0.3) is 0 Å². The van der Waals surface area contributed by atoms with E-state index in [0.717, 1.165) is 23.3 Å². The Morgan fingerprint density at radius 2 is 1.49 bits per heavy atom. The van der Waals surface area contributed by atoms with E-state index in [1.807, 2.05) is 31.4 Å². The lowest BCUT2D eigenvalue weighted by molar-refractivity contribution is -0.142. The highest BCUT2D eigenvalue weighted by molar-refractivity contribution is 7.09. The van der Waals surface area contributed by atoms with Crippen LogP contribution in [0, 0.1) is 5.82 Å². The second kappa shape index (κ2) is 16.5. The van der Waals surface area contributed by atoms with Crippen molar-refractivity contribution in [3.8, 4) is 0 Å². The molecule has 0 radical (unpaired) electrons. The largest absolute Gasteiger partial charge is 0.332 e. The molecule has 0 saturated heterocycles. The number of hydrogen-bond donors (Lipinski definition) is 0. The summed E-state index contributed by atoms with van der Waals surface area (Å²) in [5.74, 6) is -0.330. The van der Waals surface area contributed by atoms with Gasteiger partial charge in [-0.15, -0.1) is 11.3 Å². The Balaban J connectivity index is 1.88. The first-order valence-electron chi connectivity index (χ1n) is 13.2. The molecular weight excluding hydrogens is 459 g/mol. The van der Waals surface area contributed by atoms with Gasteiger partial charge in [0.05, 0.1) is 13.1 Å². The maximum Gasteiger partial charge on any atom is 0.242 e. The van der Waals surface area contributed by atoms with Gasteiger partial charge in [0.15, 0.2) is 0 Å². The van der Waals surface area contributed by atoms with E-state index in [2.05, 4.69) is 6.92 Å². The maximum atomic E-state index is 13.3. The van der Waals surface area contributed by atoms with E-state index in [4.69, 9.17) is 0 Å². The summed E-state index contributed by atoms with van der Waals surface area (Å²) in [6, 6.07) is 10.2. The van der Waals surface area contributed by atoms with Gasteiger partial charge in [0, 0.05) is 23.9 Å². The van der Waals surface area contributed by atoms with Gasteiger partial charge in [-0.2, -0.15) is 0 Å². The van der Waals surface area contributed by atoms with Gasteiger partial charge < -0.3 is 9.80 Å². The fourth-order valence-corrected chi connectivity index (χ4v) is 4.89. The van der Waals surface area contributed by atoms with Crippen molar-refractivity contribution in [2.45, 2.75) is 104 Å². The third-order valence-electron chi connectivity index (χ3n) is 6.31. The molecule has 4 nitrogen and oxygen atoms in total. The number of benzene rings is 1. The Morgan fingerprint density at radius 3 is 2.06 bits per heavy atom. The molecule has 0 unspecified atom stereocenters. The average molecular weight is 503 g/mol. The van der Waals surface area contributed by atoms with Crippen molar-refractivity contribution in [2.75, 3.05) is 6.54 Å². The molecule has 2 amide bonds. The quantitative estimate of drug-likeness (QED) is 0.209. The number of unbranched alkanes of at least 4 members (excludes halogenated alkanes) is 8. The van der Waals surface area contributed by atoms with Gasteiger partial charge in [0.1, 0.15) is 5.82 Å². The van der Waals surface area contributed by atoms with Crippen LogP contribution in [0.3, 0.4) is 0 Å². The summed E-state index contributed by atoms with van der Waals surface area (Å²) in [5.41, 5.74) is 0.869. The molecule has 35 heavy (non-hydrogen) atoms. The van der Waals surface area contributed by atoms with E-state index in [1.54, 1.807) is 33.3 Å². The van der Waals surface area contributed by atoms with E-state index in [0.29, 0.717) is 19.5 Å². The van der Waals surface area contributed by atoms with Crippen LogP contribution >= 0.6 is 11.3 Å². The lowest BCUT2D eigenvalue weighted by atomic mass is 10.1. The van der Waals surface area contributed by atoms with Crippen molar-refractivity contribution in [3.05, 3.63) is 58.0 Å². The van der Waals surface area contributed by atoms with E-state index in [9.17, 15) is 14.0 Å². The molecule has 1 heterocycles. The van der Waals surface area contributed by atoms with E-state index in [1.165, 1.54) is 57.1 Å². The molecule has 0 spiro atoms. The molecule has 0 fully saturated rings. The summed E-state index contributed by atoms with van der Waals surface area (Å²) < 4.78 is 13.3. The van der Waals surface area contributed by atoms with E-state index in [-0.39, 0.29) is 30.2 Å². The van der Waals surface area contributed by atoms with Crippen LogP contribution in [0.2, 0.25) is 0 Å². The normalized spacial score (nSPS) is 11.1. The summed E-state index contributed by atoms with van der Waals surface area (Å²) in [6.45, 7) is 7.09. The molecule has 0 N–H and O–H groups in total. The van der Waals surface area contributed by atoms with Crippen LogP contribution in [0.4, 0.5) is 4.39 Å². The smallest absolute Gasteiger partial charge is 0.242 e. The molecule has 1 aromatic heterocycles. The van der Waals surface area contributed by atoms with Crippen molar-refractivity contribution in [3.63, 3.8) is 0 Å². The fraction of sp³-hybridized carbons (Fsp3) is 0.586. The second-order valence-electron chi connectivity index (χ2n) is 9.65. The highest BCUT2D eigenvalue weighted by Gasteiger charge is 2.23. The Labute approximate surface area is 215 Å². The summed E-state index contributed by atoms with van der Waals surface area (Å²) in [6.07, 6.45) is 11.4. The van der Waals surface area contributed by atoms with Crippen molar-refractivity contribution >= 4 is 23.2 Å². The summed E-state index contributed by atoms with van der Waals surface area (Å²) in [7, 11) is 0. The molecule has 2 aromatic rings.